The van der Waals surface area contributed by atoms with Crippen molar-refractivity contribution in [3.63, 3.8) is 0 Å². The number of aliphatic hydroxyl groups excluding tert-OH is 1. The molecule has 0 aliphatic rings. The van der Waals surface area contributed by atoms with Gasteiger partial charge in [-0.25, -0.2) is 0 Å². The van der Waals surface area contributed by atoms with Crippen LogP contribution in [0, 0.1) is 0 Å². The van der Waals surface area contributed by atoms with Crippen LogP contribution >= 0.6 is 0 Å². The summed E-state index contributed by atoms with van der Waals surface area (Å²) in [6.45, 7) is 5.57. The Labute approximate surface area is 132 Å². The van der Waals surface area contributed by atoms with Gasteiger partial charge in [0.25, 0.3) is 0 Å². The highest BCUT2D eigenvalue weighted by Gasteiger charge is 2.10. The summed E-state index contributed by atoms with van der Waals surface area (Å²) in [6, 6.07) is 15.2. The maximum atomic E-state index is 10.4. The molecule has 0 saturated heterocycles. The minimum atomic E-state index is -0.638. The zero-order valence-electron chi connectivity index (χ0n) is 13.3. The van der Waals surface area contributed by atoms with E-state index in [1.54, 1.807) is 0 Å². The van der Waals surface area contributed by atoms with E-state index in [9.17, 15) is 5.11 Å². The Morgan fingerprint density at radius 1 is 0.727 bits per heavy atom. The van der Waals surface area contributed by atoms with Gasteiger partial charge in [0, 0.05) is 0 Å². The van der Waals surface area contributed by atoms with Crippen LogP contribution in [0.15, 0.2) is 48.5 Å². The number of hydrogen-bond acceptors (Lipinski definition) is 3. The Hall–Kier alpha value is -2.00. The maximum Gasteiger partial charge on any atom is 0.119 e. The van der Waals surface area contributed by atoms with Crippen molar-refractivity contribution in [3.8, 4) is 11.5 Å². The zero-order chi connectivity index (χ0) is 15.8. The number of aliphatic hydroxyl groups is 1. The van der Waals surface area contributed by atoms with Crippen LogP contribution in [0.3, 0.4) is 0 Å². The highest BCUT2D eigenvalue weighted by Crippen LogP contribution is 2.25. The molecule has 1 N–H and O–H groups in total. The van der Waals surface area contributed by atoms with Crippen molar-refractivity contribution in [2.45, 2.75) is 32.8 Å². The predicted octanol–water partition coefficient (Wildman–Crippen LogP) is 4.35. The lowest BCUT2D eigenvalue weighted by atomic mass is 10.0. The molecule has 0 radical (unpaired) electrons. The Balaban J connectivity index is 2.02. The summed E-state index contributed by atoms with van der Waals surface area (Å²) in [5.41, 5.74) is 1.71. The SMILES string of the molecule is CCCOc1ccc(C(O)c2ccc(OCCC)cc2)cc1. The molecule has 2 aromatic rings. The van der Waals surface area contributed by atoms with Crippen LogP contribution in [0.5, 0.6) is 11.5 Å². The monoisotopic (exact) mass is 300 g/mol. The van der Waals surface area contributed by atoms with Gasteiger partial charge in [-0.05, 0) is 48.2 Å². The first-order valence-corrected chi connectivity index (χ1v) is 7.88. The van der Waals surface area contributed by atoms with E-state index in [0.29, 0.717) is 13.2 Å². The molecule has 0 aromatic heterocycles. The highest BCUT2D eigenvalue weighted by molar-refractivity contribution is 5.36. The fourth-order valence-electron chi connectivity index (χ4n) is 2.12. The molecule has 118 valence electrons. The van der Waals surface area contributed by atoms with E-state index in [2.05, 4.69) is 13.8 Å². The summed E-state index contributed by atoms with van der Waals surface area (Å²) in [4.78, 5) is 0. The number of hydrogen-bond donors (Lipinski definition) is 1. The van der Waals surface area contributed by atoms with E-state index >= 15 is 0 Å². The second-order valence-corrected chi connectivity index (χ2v) is 5.24. The predicted molar refractivity (Wildman–Crippen MR) is 88.5 cm³/mol. The Morgan fingerprint density at radius 3 is 1.41 bits per heavy atom. The lowest BCUT2D eigenvalue weighted by molar-refractivity contribution is 0.220. The lowest BCUT2D eigenvalue weighted by Gasteiger charge is -2.13. The van der Waals surface area contributed by atoms with Gasteiger partial charge >= 0.3 is 0 Å². The molecule has 0 aliphatic heterocycles. The molecule has 0 amide bonds. The van der Waals surface area contributed by atoms with Gasteiger partial charge in [0.05, 0.1) is 13.2 Å². The number of ether oxygens (including phenoxy) is 2. The molecule has 22 heavy (non-hydrogen) atoms. The van der Waals surface area contributed by atoms with Crippen molar-refractivity contribution in [1.29, 1.82) is 0 Å². The fraction of sp³-hybridized carbons (Fsp3) is 0.368. The first-order chi connectivity index (χ1) is 10.7. The van der Waals surface area contributed by atoms with Gasteiger partial charge in [-0.1, -0.05) is 38.1 Å². The second kappa shape index (κ2) is 8.44. The summed E-state index contributed by atoms with van der Waals surface area (Å²) >= 11 is 0. The molecule has 3 heteroatoms. The average molecular weight is 300 g/mol. The summed E-state index contributed by atoms with van der Waals surface area (Å²) in [5, 5.41) is 10.4. The van der Waals surface area contributed by atoms with E-state index in [1.165, 1.54) is 0 Å². The second-order valence-electron chi connectivity index (χ2n) is 5.24. The van der Waals surface area contributed by atoms with Crippen molar-refractivity contribution >= 4 is 0 Å². The molecular formula is C19H24O3. The first-order valence-electron chi connectivity index (χ1n) is 7.88. The van der Waals surface area contributed by atoms with E-state index < -0.39 is 6.10 Å². The van der Waals surface area contributed by atoms with E-state index in [-0.39, 0.29) is 0 Å². The Bertz CT molecular complexity index is 494. The van der Waals surface area contributed by atoms with Crippen LogP contribution < -0.4 is 9.47 Å². The summed E-state index contributed by atoms with van der Waals surface area (Å²) in [5.74, 6) is 1.67. The maximum absolute atomic E-state index is 10.4. The van der Waals surface area contributed by atoms with Crippen molar-refractivity contribution in [2.24, 2.45) is 0 Å². The largest absolute Gasteiger partial charge is 0.494 e. The summed E-state index contributed by atoms with van der Waals surface area (Å²) < 4.78 is 11.1. The molecule has 2 aromatic carbocycles. The van der Waals surface area contributed by atoms with Crippen LogP contribution in [0.1, 0.15) is 43.9 Å². The number of rotatable bonds is 8. The van der Waals surface area contributed by atoms with Crippen LogP contribution in [-0.4, -0.2) is 18.3 Å². The number of benzene rings is 2. The third kappa shape index (κ3) is 4.50. The van der Waals surface area contributed by atoms with Crippen LogP contribution in [0.25, 0.3) is 0 Å². The minimum Gasteiger partial charge on any atom is -0.494 e. The quantitative estimate of drug-likeness (QED) is 0.788. The molecule has 0 atom stereocenters. The molecule has 0 aliphatic carbocycles. The van der Waals surface area contributed by atoms with Gasteiger partial charge in [0.2, 0.25) is 0 Å². The molecule has 2 rings (SSSR count). The summed E-state index contributed by atoms with van der Waals surface area (Å²) in [6.07, 6.45) is 1.33. The van der Waals surface area contributed by atoms with Crippen LogP contribution in [0.4, 0.5) is 0 Å². The third-order valence-corrected chi connectivity index (χ3v) is 3.34. The minimum absolute atomic E-state index is 0.638. The molecule has 0 saturated carbocycles. The molecular weight excluding hydrogens is 276 g/mol. The van der Waals surface area contributed by atoms with Crippen molar-refractivity contribution in [2.75, 3.05) is 13.2 Å². The summed E-state index contributed by atoms with van der Waals surface area (Å²) in [7, 11) is 0. The van der Waals surface area contributed by atoms with Crippen molar-refractivity contribution in [1.82, 2.24) is 0 Å². The van der Waals surface area contributed by atoms with E-state index in [1.807, 2.05) is 48.5 Å². The standard InChI is InChI=1S/C19H24O3/c1-3-13-21-17-9-5-15(6-10-17)19(20)16-7-11-18(12-8-16)22-14-4-2/h5-12,19-20H,3-4,13-14H2,1-2H3. The molecule has 0 unspecified atom stereocenters. The molecule has 3 nitrogen and oxygen atoms in total. The van der Waals surface area contributed by atoms with Gasteiger partial charge in [-0.15, -0.1) is 0 Å². The van der Waals surface area contributed by atoms with Gasteiger partial charge in [-0.3, -0.25) is 0 Å². The lowest BCUT2D eigenvalue weighted by Crippen LogP contribution is -2.01. The van der Waals surface area contributed by atoms with Gasteiger partial charge < -0.3 is 14.6 Å². The Kier molecular flexibility index (Phi) is 6.28. The molecule has 0 heterocycles. The Morgan fingerprint density at radius 2 is 1.09 bits per heavy atom. The van der Waals surface area contributed by atoms with Crippen molar-refractivity contribution < 1.29 is 14.6 Å². The van der Waals surface area contributed by atoms with Gasteiger partial charge in [-0.2, -0.15) is 0 Å². The molecule has 0 fully saturated rings. The zero-order valence-corrected chi connectivity index (χ0v) is 13.3. The van der Waals surface area contributed by atoms with Gasteiger partial charge in [0.15, 0.2) is 0 Å². The fourth-order valence-corrected chi connectivity index (χ4v) is 2.12. The van der Waals surface area contributed by atoms with E-state index in [0.717, 1.165) is 35.5 Å². The first kappa shape index (κ1) is 16.4. The topological polar surface area (TPSA) is 38.7 Å². The van der Waals surface area contributed by atoms with Crippen molar-refractivity contribution in [3.05, 3.63) is 59.7 Å². The van der Waals surface area contributed by atoms with E-state index in [4.69, 9.17) is 9.47 Å². The molecule has 0 spiro atoms. The third-order valence-electron chi connectivity index (χ3n) is 3.34. The van der Waals surface area contributed by atoms with Crippen LogP contribution in [0.2, 0.25) is 0 Å². The average Bonchev–Trinajstić information content (AvgIpc) is 2.58. The smallest absolute Gasteiger partial charge is 0.119 e. The normalized spacial score (nSPS) is 10.7. The van der Waals surface area contributed by atoms with Gasteiger partial charge in [0.1, 0.15) is 17.6 Å². The highest BCUT2D eigenvalue weighted by atomic mass is 16.5. The van der Waals surface area contributed by atoms with Crippen LogP contribution in [-0.2, 0) is 0 Å². The molecule has 0 bridgehead atoms.